The van der Waals surface area contributed by atoms with E-state index in [0.717, 1.165) is 17.9 Å². The maximum absolute atomic E-state index is 11.9. The van der Waals surface area contributed by atoms with Crippen LogP contribution >= 0.6 is 24.8 Å². The molecule has 2 heterocycles. The minimum absolute atomic E-state index is 0. The number of carbonyl (C=O) groups is 1. The Morgan fingerprint density at radius 3 is 2.80 bits per heavy atom. The van der Waals surface area contributed by atoms with Crippen LogP contribution in [0, 0.1) is 0 Å². The highest BCUT2D eigenvalue weighted by Crippen LogP contribution is 2.06. The minimum Gasteiger partial charge on any atom is -0.344 e. The average molecular weight is 319 g/mol. The zero-order valence-electron chi connectivity index (χ0n) is 11.6. The van der Waals surface area contributed by atoms with Crippen LogP contribution in [0.1, 0.15) is 5.69 Å². The Balaban J connectivity index is 0.00000180. The van der Waals surface area contributed by atoms with Gasteiger partial charge in [-0.2, -0.15) is 0 Å². The maximum atomic E-state index is 11.9. The number of fused-ring (bicyclic) bond motifs is 1. The lowest BCUT2D eigenvalue weighted by Gasteiger charge is -2.15. The van der Waals surface area contributed by atoms with Crippen molar-refractivity contribution in [1.29, 1.82) is 0 Å². The number of nitrogens with zero attached hydrogens (tertiary/aromatic N) is 3. The van der Waals surface area contributed by atoms with E-state index in [-0.39, 0.29) is 30.7 Å². The third kappa shape index (κ3) is 4.67. The summed E-state index contributed by atoms with van der Waals surface area (Å²) in [5, 5.41) is 3.03. The summed E-state index contributed by atoms with van der Waals surface area (Å²) in [5.41, 5.74) is 1.68. The van der Waals surface area contributed by atoms with Gasteiger partial charge in [-0.25, -0.2) is 4.98 Å². The summed E-state index contributed by atoms with van der Waals surface area (Å²) in [6, 6.07) is 5.81. The second-order valence-corrected chi connectivity index (χ2v) is 4.29. The first-order valence-electron chi connectivity index (χ1n) is 6.02. The Hall–Kier alpha value is -1.30. The molecule has 0 spiro atoms. The molecule has 0 saturated heterocycles. The summed E-state index contributed by atoms with van der Waals surface area (Å²) >= 11 is 0. The molecule has 0 saturated carbocycles. The molecule has 0 fully saturated rings. The predicted octanol–water partition coefficient (Wildman–Crippen LogP) is 1.40. The van der Waals surface area contributed by atoms with Gasteiger partial charge in [0.2, 0.25) is 5.91 Å². The van der Waals surface area contributed by atoms with Crippen molar-refractivity contribution in [2.45, 2.75) is 6.42 Å². The maximum Gasteiger partial charge on any atom is 0.228 e. The van der Waals surface area contributed by atoms with E-state index < -0.39 is 0 Å². The van der Waals surface area contributed by atoms with Gasteiger partial charge in [0.05, 0.1) is 12.1 Å². The Morgan fingerprint density at radius 2 is 2.15 bits per heavy atom. The SMILES string of the molecule is CNCCN(C)C(=O)Cc1cn2ccccc2n1.Cl.Cl. The van der Waals surface area contributed by atoms with Gasteiger partial charge in [-0.05, 0) is 19.2 Å². The fraction of sp³-hybridized carbons (Fsp3) is 0.385. The van der Waals surface area contributed by atoms with Crippen LogP contribution in [0.15, 0.2) is 30.6 Å². The molecule has 7 heteroatoms. The number of rotatable bonds is 5. The molecule has 1 amide bonds. The third-order valence-corrected chi connectivity index (χ3v) is 2.87. The van der Waals surface area contributed by atoms with Crippen molar-refractivity contribution in [3.63, 3.8) is 0 Å². The molecule has 0 radical (unpaired) electrons. The Kier molecular flexibility index (Phi) is 8.22. The minimum atomic E-state index is 0. The van der Waals surface area contributed by atoms with Gasteiger partial charge in [0.25, 0.3) is 0 Å². The van der Waals surface area contributed by atoms with Gasteiger partial charge in [0.1, 0.15) is 5.65 Å². The summed E-state index contributed by atoms with van der Waals surface area (Å²) in [7, 11) is 3.69. The lowest BCUT2D eigenvalue weighted by Crippen LogP contribution is -2.33. The van der Waals surface area contributed by atoms with Crippen LogP contribution in [0.5, 0.6) is 0 Å². The summed E-state index contributed by atoms with van der Waals surface area (Å²) in [6.45, 7) is 1.51. The zero-order valence-corrected chi connectivity index (χ0v) is 13.2. The fourth-order valence-electron chi connectivity index (χ4n) is 1.77. The van der Waals surface area contributed by atoms with Crippen LogP contribution in [-0.2, 0) is 11.2 Å². The normalized spacial score (nSPS) is 9.70. The highest BCUT2D eigenvalue weighted by molar-refractivity contribution is 5.85. The number of aromatic nitrogens is 2. The van der Waals surface area contributed by atoms with E-state index in [1.54, 1.807) is 4.90 Å². The average Bonchev–Trinajstić information content (AvgIpc) is 2.77. The predicted molar refractivity (Wildman–Crippen MR) is 85.0 cm³/mol. The van der Waals surface area contributed by atoms with Gasteiger partial charge in [-0.15, -0.1) is 24.8 Å². The van der Waals surface area contributed by atoms with E-state index in [2.05, 4.69) is 10.3 Å². The van der Waals surface area contributed by atoms with Gasteiger partial charge >= 0.3 is 0 Å². The molecule has 5 nitrogen and oxygen atoms in total. The van der Waals surface area contributed by atoms with E-state index in [1.165, 1.54) is 0 Å². The smallest absolute Gasteiger partial charge is 0.228 e. The van der Waals surface area contributed by atoms with Crippen LogP contribution in [0.25, 0.3) is 5.65 Å². The number of likely N-dealkylation sites (N-methyl/N-ethyl adjacent to an activating group) is 2. The molecule has 0 unspecified atom stereocenters. The van der Waals surface area contributed by atoms with Crippen molar-refractivity contribution in [1.82, 2.24) is 19.6 Å². The largest absolute Gasteiger partial charge is 0.344 e. The highest BCUT2D eigenvalue weighted by Gasteiger charge is 2.11. The van der Waals surface area contributed by atoms with E-state index in [0.29, 0.717) is 13.0 Å². The van der Waals surface area contributed by atoms with Crippen molar-refractivity contribution in [2.24, 2.45) is 0 Å². The number of imidazole rings is 1. The van der Waals surface area contributed by atoms with E-state index >= 15 is 0 Å². The van der Waals surface area contributed by atoms with E-state index in [4.69, 9.17) is 0 Å². The van der Waals surface area contributed by atoms with Gasteiger partial charge in [0.15, 0.2) is 0 Å². The number of carbonyl (C=O) groups excluding carboxylic acids is 1. The molecular weight excluding hydrogens is 299 g/mol. The Labute approximate surface area is 131 Å². The summed E-state index contributed by atoms with van der Waals surface area (Å²) in [4.78, 5) is 18.1. The topological polar surface area (TPSA) is 49.6 Å². The van der Waals surface area contributed by atoms with Crippen LogP contribution < -0.4 is 5.32 Å². The lowest BCUT2D eigenvalue weighted by molar-refractivity contribution is -0.129. The van der Waals surface area contributed by atoms with E-state index in [9.17, 15) is 4.79 Å². The number of amides is 1. The third-order valence-electron chi connectivity index (χ3n) is 2.87. The standard InChI is InChI=1S/C13H18N4O.2ClH/c1-14-6-8-16(2)13(18)9-11-10-17-7-4-3-5-12(17)15-11;;/h3-5,7,10,14H,6,8-9H2,1-2H3;2*1H. The van der Waals surface area contributed by atoms with Crippen molar-refractivity contribution in [3.05, 3.63) is 36.3 Å². The van der Waals surface area contributed by atoms with Crippen molar-refractivity contribution < 1.29 is 4.79 Å². The van der Waals surface area contributed by atoms with Crippen molar-refractivity contribution in [3.8, 4) is 0 Å². The van der Waals surface area contributed by atoms with Crippen LogP contribution in [0.2, 0.25) is 0 Å². The zero-order chi connectivity index (χ0) is 13.0. The number of hydrogen-bond donors (Lipinski definition) is 1. The summed E-state index contributed by atoms with van der Waals surface area (Å²) in [5.74, 6) is 0.0913. The summed E-state index contributed by atoms with van der Waals surface area (Å²) in [6.07, 6.45) is 4.18. The second kappa shape index (κ2) is 8.79. The number of hydrogen-bond acceptors (Lipinski definition) is 3. The molecule has 0 atom stereocenters. The second-order valence-electron chi connectivity index (χ2n) is 4.29. The first-order chi connectivity index (χ1) is 8.70. The van der Waals surface area contributed by atoms with Gasteiger partial charge in [0, 0.05) is 32.5 Å². The van der Waals surface area contributed by atoms with Crippen LogP contribution in [0.3, 0.4) is 0 Å². The monoisotopic (exact) mass is 318 g/mol. The molecule has 112 valence electrons. The molecule has 2 aromatic rings. The molecule has 0 aliphatic rings. The Morgan fingerprint density at radius 1 is 1.40 bits per heavy atom. The summed E-state index contributed by atoms with van der Waals surface area (Å²) < 4.78 is 1.93. The van der Waals surface area contributed by atoms with Crippen LogP contribution in [0.4, 0.5) is 0 Å². The molecule has 0 bridgehead atoms. The number of pyridine rings is 1. The lowest BCUT2D eigenvalue weighted by atomic mass is 10.3. The molecule has 2 rings (SSSR count). The van der Waals surface area contributed by atoms with Gasteiger partial charge < -0.3 is 14.6 Å². The molecule has 0 aliphatic carbocycles. The molecule has 0 aromatic carbocycles. The highest BCUT2D eigenvalue weighted by atomic mass is 35.5. The van der Waals surface area contributed by atoms with Crippen molar-refractivity contribution >= 4 is 36.4 Å². The quantitative estimate of drug-likeness (QED) is 0.906. The van der Waals surface area contributed by atoms with Crippen molar-refractivity contribution in [2.75, 3.05) is 27.2 Å². The first-order valence-corrected chi connectivity index (χ1v) is 6.02. The Bertz CT molecular complexity index is 511. The molecule has 0 aliphatic heterocycles. The number of nitrogens with one attached hydrogen (secondary N) is 1. The van der Waals surface area contributed by atoms with Gasteiger partial charge in [-0.3, -0.25) is 4.79 Å². The fourth-order valence-corrected chi connectivity index (χ4v) is 1.77. The first kappa shape index (κ1) is 18.7. The van der Waals surface area contributed by atoms with Gasteiger partial charge in [-0.1, -0.05) is 6.07 Å². The molecular formula is C13H20Cl2N4O. The number of halogens is 2. The molecule has 1 N–H and O–H groups in total. The molecule has 2 aromatic heterocycles. The molecule has 20 heavy (non-hydrogen) atoms. The van der Waals surface area contributed by atoms with E-state index in [1.807, 2.05) is 49.1 Å². The van der Waals surface area contributed by atoms with Crippen LogP contribution in [-0.4, -0.2) is 47.4 Å².